The van der Waals surface area contributed by atoms with E-state index >= 15 is 0 Å². The quantitative estimate of drug-likeness (QED) is 0.377. The number of benzene rings is 2. The third-order valence-corrected chi connectivity index (χ3v) is 5.57. The van der Waals surface area contributed by atoms with Crippen LogP contribution in [0, 0.1) is 6.92 Å². The molecule has 0 spiro atoms. The van der Waals surface area contributed by atoms with E-state index in [9.17, 15) is 9.59 Å². The molecule has 0 aliphatic heterocycles. The number of carbonyl (C=O) groups excluding carboxylic acids is 1. The summed E-state index contributed by atoms with van der Waals surface area (Å²) in [7, 11) is 1.59. The monoisotopic (exact) mass is 489 g/mol. The van der Waals surface area contributed by atoms with Gasteiger partial charge in [-0.1, -0.05) is 23.7 Å². The summed E-state index contributed by atoms with van der Waals surface area (Å²) in [5, 5.41) is 12.5. The molecule has 3 heterocycles. The first kappa shape index (κ1) is 22.4. The molecule has 5 rings (SSSR count). The van der Waals surface area contributed by atoms with Gasteiger partial charge in [0.15, 0.2) is 5.65 Å². The first-order valence-corrected chi connectivity index (χ1v) is 11.0. The first-order valence-electron chi connectivity index (χ1n) is 10.6. The lowest BCUT2D eigenvalue weighted by Crippen LogP contribution is -2.20. The Kier molecular flexibility index (Phi) is 5.79. The van der Waals surface area contributed by atoms with Crippen molar-refractivity contribution in [2.24, 2.45) is 0 Å². The number of anilines is 1. The standard InChI is InChI=1S/C24H20ClN7O3/c1-14-11-20(27-21(33)12-15-3-9-18(35-2)10-4-15)32(30-14)24-28-22-19(23(34)29-24)13-26-31(22)17-7-5-16(25)6-8-17/h3-11,13H,12H2,1-2H3,(H,27,33)(H,28,29,34). The van der Waals surface area contributed by atoms with Gasteiger partial charge in [0, 0.05) is 11.1 Å². The Morgan fingerprint density at radius 1 is 1.11 bits per heavy atom. The van der Waals surface area contributed by atoms with Crippen LogP contribution in [0.3, 0.4) is 0 Å². The van der Waals surface area contributed by atoms with Gasteiger partial charge < -0.3 is 10.1 Å². The summed E-state index contributed by atoms with van der Waals surface area (Å²) >= 11 is 6.00. The highest BCUT2D eigenvalue weighted by molar-refractivity contribution is 6.30. The molecule has 10 nitrogen and oxygen atoms in total. The number of ether oxygens (including phenoxy) is 1. The molecular formula is C24H20ClN7O3. The van der Waals surface area contributed by atoms with E-state index < -0.39 is 0 Å². The molecule has 2 N–H and O–H groups in total. The van der Waals surface area contributed by atoms with Crippen LogP contribution < -0.4 is 15.6 Å². The number of rotatable bonds is 6. The maximum atomic E-state index is 12.8. The zero-order valence-corrected chi connectivity index (χ0v) is 19.6. The predicted octanol–water partition coefficient (Wildman–Crippen LogP) is 3.45. The summed E-state index contributed by atoms with van der Waals surface area (Å²) in [4.78, 5) is 32.9. The average molecular weight is 490 g/mol. The first-order chi connectivity index (χ1) is 16.9. The molecule has 0 fully saturated rings. The van der Waals surface area contributed by atoms with Gasteiger partial charge in [0.1, 0.15) is 17.0 Å². The lowest BCUT2D eigenvalue weighted by atomic mass is 10.1. The minimum atomic E-state index is -0.381. The van der Waals surface area contributed by atoms with Gasteiger partial charge >= 0.3 is 0 Å². The summed E-state index contributed by atoms with van der Waals surface area (Å²) in [6, 6.07) is 16.0. The number of aromatic nitrogens is 6. The van der Waals surface area contributed by atoms with E-state index in [0.29, 0.717) is 39.0 Å². The second-order valence-electron chi connectivity index (χ2n) is 7.82. The molecule has 0 atom stereocenters. The Morgan fingerprint density at radius 3 is 2.57 bits per heavy atom. The van der Waals surface area contributed by atoms with Gasteiger partial charge in [0.25, 0.3) is 5.56 Å². The van der Waals surface area contributed by atoms with Crippen molar-refractivity contribution in [3.05, 3.63) is 87.4 Å². The lowest BCUT2D eigenvalue weighted by Gasteiger charge is -2.09. The highest BCUT2D eigenvalue weighted by Crippen LogP contribution is 2.20. The van der Waals surface area contributed by atoms with Crippen LogP contribution in [0.25, 0.3) is 22.7 Å². The van der Waals surface area contributed by atoms with Gasteiger partial charge in [-0.25, -0.2) is 4.68 Å². The molecule has 176 valence electrons. The van der Waals surface area contributed by atoms with Crippen LogP contribution in [-0.4, -0.2) is 42.5 Å². The number of halogens is 1. The molecule has 1 amide bonds. The fraction of sp³-hybridized carbons (Fsp3) is 0.125. The molecular weight excluding hydrogens is 470 g/mol. The zero-order valence-electron chi connectivity index (χ0n) is 18.8. The van der Waals surface area contributed by atoms with Crippen molar-refractivity contribution in [1.29, 1.82) is 0 Å². The minimum absolute atomic E-state index is 0.145. The number of nitrogens with one attached hydrogen (secondary N) is 2. The number of nitrogens with zero attached hydrogens (tertiary/aromatic N) is 5. The summed E-state index contributed by atoms with van der Waals surface area (Å²) in [6.45, 7) is 1.78. The van der Waals surface area contributed by atoms with Crippen molar-refractivity contribution in [3.63, 3.8) is 0 Å². The molecule has 11 heteroatoms. The Hall–Kier alpha value is -4.44. The minimum Gasteiger partial charge on any atom is -0.497 e. The summed E-state index contributed by atoms with van der Waals surface area (Å²) in [6.07, 6.45) is 1.60. The third kappa shape index (κ3) is 4.51. The number of hydrogen-bond acceptors (Lipinski definition) is 6. The summed E-state index contributed by atoms with van der Waals surface area (Å²) < 4.78 is 8.09. The van der Waals surface area contributed by atoms with E-state index in [1.807, 2.05) is 12.1 Å². The molecule has 3 aromatic heterocycles. The normalized spacial score (nSPS) is 11.1. The molecule has 0 saturated carbocycles. The molecule has 0 saturated heterocycles. The number of aryl methyl sites for hydroxylation is 1. The van der Waals surface area contributed by atoms with Crippen LogP contribution in [0.1, 0.15) is 11.3 Å². The number of fused-ring (bicyclic) bond motifs is 1. The van der Waals surface area contributed by atoms with Gasteiger partial charge in [0.05, 0.1) is 31.1 Å². The largest absolute Gasteiger partial charge is 0.497 e. The highest BCUT2D eigenvalue weighted by Gasteiger charge is 2.17. The van der Waals surface area contributed by atoms with Crippen molar-refractivity contribution < 1.29 is 9.53 Å². The van der Waals surface area contributed by atoms with E-state index in [1.54, 1.807) is 61.2 Å². The van der Waals surface area contributed by atoms with Crippen LogP contribution in [0.15, 0.2) is 65.6 Å². The number of carbonyl (C=O) groups is 1. The van der Waals surface area contributed by atoms with E-state index in [1.165, 1.54) is 10.9 Å². The van der Waals surface area contributed by atoms with Crippen LogP contribution in [0.4, 0.5) is 5.82 Å². The zero-order chi connectivity index (χ0) is 24.5. The Balaban J connectivity index is 1.48. The molecule has 0 unspecified atom stereocenters. The maximum absolute atomic E-state index is 12.8. The third-order valence-electron chi connectivity index (χ3n) is 5.32. The SMILES string of the molecule is COc1ccc(CC(=O)Nc2cc(C)nn2-c2nc3c(cnn3-c3ccc(Cl)cc3)c(=O)[nH]2)cc1. The van der Waals surface area contributed by atoms with Crippen molar-refractivity contribution >= 4 is 34.4 Å². The number of hydrogen-bond donors (Lipinski definition) is 2. The average Bonchev–Trinajstić information content (AvgIpc) is 3.43. The van der Waals surface area contributed by atoms with Gasteiger partial charge in [-0.15, -0.1) is 0 Å². The van der Waals surface area contributed by atoms with Gasteiger partial charge in [-0.05, 0) is 48.9 Å². The van der Waals surface area contributed by atoms with E-state index in [-0.39, 0.29) is 23.8 Å². The van der Waals surface area contributed by atoms with Crippen molar-refractivity contribution in [3.8, 4) is 17.4 Å². The van der Waals surface area contributed by atoms with Crippen molar-refractivity contribution in [2.45, 2.75) is 13.3 Å². The summed E-state index contributed by atoms with van der Waals surface area (Å²) in [5.41, 5.74) is 2.12. The Labute approximate surface area is 204 Å². The van der Waals surface area contributed by atoms with Crippen LogP contribution in [-0.2, 0) is 11.2 Å². The molecule has 0 bridgehead atoms. The number of aromatic amines is 1. The van der Waals surface area contributed by atoms with Gasteiger partial charge in [0.2, 0.25) is 11.9 Å². The van der Waals surface area contributed by atoms with Crippen LogP contribution in [0.5, 0.6) is 5.75 Å². The van der Waals surface area contributed by atoms with E-state index in [4.69, 9.17) is 16.3 Å². The molecule has 35 heavy (non-hydrogen) atoms. The van der Waals surface area contributed by atoms with Crippen LogP contribution >= 0.6 is 11.6 Å². The van der Waals surface area contributed by atoms with Gasteiger partial charge in [-0.2, -0.15) is 19.9 Å². The molecule has 0 radical (unpaired) electrons. The number of H-pyrrole nitrogens is 1. The maximum Gasteiger partial charge on any atom is 0.263 e. The van der Waals surface area contributed by atoms with Crippen LogP contribution in [0.2, 0.25) is 5.02 Å². The fourth-order valence-electron chi connectivity index (χ4n) is 3.64. The number of amides is 1. The number of methoxy groups -OCH3 is 1. The second kappa shape index (κ2) is 9.07. The van der Waals surface area contributed by atoms with Gasteiger partial charge in [-0.3, -0.25) is 14.6 Å². The highest BCUT2D eigenvalue weighted by atomic mass is 35.5. The molecule has 0 aliphatic carbocycles. The second-order valence-corrected chi connectivity index (χ2v) is 8.25. The van der Waals surface area contributed by atoms with Crippen molar-refractivity contribution in [1.82, 2.24) is 29.5 Å². The molecule has 2 aromatic carbocycles. The van der Waals surface area contributed by atoms with E-state index in [2.05, 4.69) is 25.5 Å². The predicted molar refractivity (Wildman–Crippen MR) is 132 cm³/mol. The molecule has 0 aliphatic rings. The topological polar surface area (TPSA) is 120 Å². The summed E-state index contributed by atoms with van der Waals surface area (Å²) in [5.74, 6) is 0.990. The Morgan fingerprint density at radius 2 is 1.86 bits per heavy atom. The van der Waals surface area contributed by atoms with Crippen molar-refractivity contribution in [2.75, 3.05) is 12.4 Å². The smallest absolute Gasteiger partial charge is 0.263 e. The van der Waals surface area contributed by atoms with E-state index in [0.717, 1.165) is 5.56 Å². The Bertz CT molecular complexity index is 1580. The fourth-order valence-corrected chi connectivity index (χ4v) is 3.77. The lowest BCUT2D eigenvalue weighted by molar-refractivity contribution is -0.115. The molecule has 5 aromatic rings.